The Hall–Kier alpha value is -3.40. The first-order chi connectivity index (χ1) is 14.0. The van der Waals surface area contributed by atoms with Gasteiger partial charge in [0.1, 0.15) is 5.56 Å². The number of Topliss-reactive ketones (excluding diaryl/α,β-unsaturated/α-hetero) is 1. The number of esters is 1. The third kappa shape index (κ3) is 4.72. The Kier molecular flexibility index (Phi) is 6.45. The molecule has 10 heteroatoms. The Balaban J connectivity index is 1.49. The zero-order valence-corrected chi connectivity index (χ0v) is 16.2. The molecule has 0 bridgehead atoms. The number of aromatic nitrogens is 1. The molecule has 0 fully saturated rings. The lowest BCUT2D eigenvalue weighted by Crippen LogP contribution is -2.29. The number of nitrogens with one attached hydrogen (secondary N) is 2. The van der Waals surface area contributed by atoms with Crippen molar-refractivity contribution >= 4 is 41.0 Å². The van der Waals surface area contributed by atoms with Crippen molar-refractivity contribution in [3.8, 4) is 0 Å². The minimum atomic E-state index is -0.851. The van der Waals surface area contributed by atoms with Gasteiger partial charge in [-0.3, -0.25) is 9.59 Å². The SMILES string of the molecule is COC(=O)c1noc2c1C(=O)C(SCCCNC(=O)Nc1ccccc1)=CC2=O. The Morgan fingerprint density at radius 3 is 2.69 bits per heavy atom. The molecule has 0 spiro atoms. The Morgan fingerprint density at radius 1 is 1.21 bits per heavy atom. The highest BCUT2D eigenvalue weighted by molar-refractivity contribution is 8.04. The molecule has 1 aliphatic rings. The van der Waals surface area contributed by atoms with Crippen LogP contribution in [0.2, 0.25) is 0 Å². The van der Waals surface area contributed by atoms with E-state index in [1.54, 1.807) is 12.1 Å². The zero-order chi connectivity index (χ0) is 20.8. The van der Waals surface area contributed by atoms with Crippen LogP contribution in [0.25, 0.3) is 0 Å². The van der Waals surface area contributed by atoms with Gasteiger partial charge in [-0.1, -0.05) is 23.4 Å². The molecule has 2 amide bonds. The van der Waals surface area contributed by atoms with E-state index < -0.39 is 17.5 Å². The van der Waals surface area contributed by atoms with E-state index in [1.807, 2.05) is 18.2 Å². The molecule has 1 aliphatic carbocycles. The average molecular weight is 415 g/mol. The maximum Gasteiger partial charge on any atom is 0.361 e. The molecule has 1 heterocycles. The number of fused-ring (bicyclic) bond motifs is 1. The third-order valence-corrected chi connectivity index (χ3v) is 5.01. The van der Waals surface area contributed by atoms with Crippen LogP contribution in [0, 0.1) is 0 Å². The molecule has 2 N–H and O–H groups in total. The summed E-state index contributed by atoms with van der Waals surface area (Å²) in [5.74, 6) is -1.69. The molecule has 2 aromatic rings. The van der Waals surface area contributed by atoms with Gasteiger partial charge in [0.25, 0.3) is 0 Å². The minimum Gasteiger partial charge on any atom is -0.464 e. The fourth-order valence-corrected chi connectivity index (χ4v) is 3.47. The molecule has 3 rings (SSSR count). The Labute approximate surface area is 169 Å². The molecular weight excluding hydrogens is 398 g/mol. The molecular formula is C19H17N3O6S. The van der Waals surface area contributed by atoms with Crippen molar-refractivity contribution in [1.29, 1.82) is 0 Å². The summed E-state index contributed by atoms with van der Waals surface area (Å²) in [6.07, 6.45) is 1.73. The van der Waals surface area contributed by atoms with Crippen molar-refractivity contribution < 1.29 is 28.4 Å². The predicted octanol–water partition coefficient (Wildman–Crippen LogP) is 2.67. The van der Waals surface area contributed by atoms with Gasteiger partial charge in [0.05, 0.1) is 12.0 Å². The van der Waals surface area contributed by atoms with Gasteiger partial charge in [-0.05, 0) is 24.3 Å². The number of ether oxygens (including phenoxy) is 1. The summed E-state index contributed by atoms with van der Waals surface area (Å²) < 4.78 is 9.39. The fraction of sp³-hybridized carbons (Fsp3) is 0.211. The second kappa shape index (κ2) is 9.20. The Bertz CT molecular complexity index is 983. The van der Waals surface area contributed by atoms with Crippen molar-refractivity contribution in [3.05, 3.63) is 58.3 Å². The molecule has 0 atom stereocenters. The molecule has 0 radical (unpaired) electrons. The first-order valence-electron chi connectivity index (χ1n) is 8.62. The quantitative estimate of drug-likeness (QED) is 0.522. The van der Waals surface area contributed by atoms with Crippen molar-refractivity contribution in [1.82, 2.24) is 10.5 Å². The number of amides is 2. The van der Waals surface area contributed by atoms with Crippen LogP contribution in [-0.4, -0.2) is 48.1 Å². The van der Waals surface area contributed by atoms with E-state index in [-0.39, 0.29) is 28.0 Å². The van der Waals surface area contributed by atoms with Crippen LogP contribution in [0.5, 0.6) is 0 Å². The van der Waals surface area contributed by atoms with Crippen LogP contribution in [-0.2, 0) is 4.74 Å². The largest absolute Gasteiger partial charge is 0.464 e. The van der Waals surface area contributed by atoms with Gasteiger partial charge in [0.2, 0.25) is 23.0 Å². The van der Waals surface area contributed by atoms with Crippen LogP contribution in [0.1, 0.15) is 37.8 Å². The van der Waals surface area contributed by atoms with Crippen LogP contribution in [0.4, 0.5) is 10.5 Å². The topological polar surface area (TPSA) is 128 Å². The number of anilines is 1. The van der Waals surface area contributed by atoms with E-state index in [2.05, 4.69) is 20.5 Å². The number of carbonyl (C=O) groups is 4. The molecule has 1 aromatic heterocycles. The van der Waals surface area contributed by atoms with Crippen LogP contribution in [0.3, 0.4) is 0 Å². The van der Waals surface area contributed by atoms with Crippen molar-refractivity contribution in [2.24, 2.45) is 0 Å². The van der Waals surface area contributed by atoms with Crippen molar-refractivity contribution in [3.63, 3.8) is 0 Å². The van der Waals surface area contributed by atoms with Gasteiger partial charge in [-0.15, -0.1) is 11.8 Å². The lowest BCUT2D eigenvalue weighted by atomic mass is 10.00. The summed E-state index contributed by atoms with van der Waals surface area (Å²) in [4.78, 5) is 48.4. The smallest absolute Gasteiger partial charge is 0.361 e. The molecule has 1 aromatic carbocycles. The van der Waals surface area contributed by atoms with E-state index in [4.69, 9.17) is 4.52 Å². The number of benzene rings is 1. The van der Waals surface area contributed by atoms with Crippen molar-refractivity contribution in [2.75, 3.05) is 24.7 Å². The molecule has 9 nitrogen and oxygen atoms in total. The number of hydrogen-bond donors (Lipinski definition) is 2. The number of urea groups is 1. The molecule has 0 saturated carbocycles. The van der Waals surface area contributed by atoms with Crippen LogP contribution in [0.15, 0.2) is 45.8 Å². The first kappa shape index (κ1) is 20.3. The summed E-state index contributed by atoms with van der Waals surface area (Å²) in [6, 6.07) is 8.69. The van der Waals surface area contributed by atoms with Gasteiger partial charge in [-0.2, -0.15) is 0 Å². The van der Waals surface area contributed by atoms with Crippen molar-refractivity contribution in [2.45, 2.75) is 6.42 Å². The second-order valence-corrected chi connectivity index (χ2v) is 7.01. The molecule has 0 aliphatic heterocycles. The maximum atomic E-state index is 12.6. The van der Waals surface area contributed by atoms with E-state index in [0.717, 1.165) is 24.9 Å². The lowest BCUT2D eigenvalue weighted by molar-refractivity contribution is 0.0586. The molecule has 150 valence electrons. The van der Waals surface area contributed by atoms with Crippen LogP contribution < -0.4 is 10.6 Å². The average Bonchev–Trinajstić information content (AvgIpc) is 3.17. The van der Waals surface area contributed by atoms with Gasteiger partial charge < -0.3 is 19.9 Å². The first-order valence-corrected chi connectivity index (χ1v) is 9.61. The highest BCUT2D eigenvalue weighted by Gasteiger charge is 2.36. The predicted molar refractivity (Wildman–Crippen MR) is 105 cm³/mol. The number of rotatable bonds is 7. The number of nitrogens with zero attached hydrogens (tertiary/aromatic N) is 1. The number of ketones is 2. The second-order valence-electron chi connectivity index (χ2n) is 5.88. The summed E-state index contributed by atoms with van der Waals surface area (Å²) in [7, 11) is 1.14. The van der Waals surface area contributed by atoms with E-state index in [0.29, 0.717) is 24.4 Å². The summed E-state index contributed by atoms with van der Waals surface area (Å²) in [5.41, 5.74) is 0.195. The number of carbonyl (C=O) groups excluding carboxylic acids is 4. The van der Waals surface area contributed by atoms with Gasteiger partial charge in [-0.25, -0.2) is 9.59 Å². The normalized spacial score (nSPS) is 12.8. The Morgan fingerprint density at radius 2 is 1.97 bits per heavy atom. The standard InChI is InChI=1S/C19H17N3O6S/c1-27-18(25)15-14-16(24)13(10-12(23)17(14)28-22-15)29-9-5-8-20-19(26)21-11-6-3-2-4-7-11/h2-4,6-7,10H,5,8-9H2,1H3,(H2,20,21,26). The van der Waals surface area contributed by atoms with E-state index in [1.165, 1.54) is 0 Å². The van der Waals surface area contributed by atoms with Gasteiger partial charge >= 0.3 is 12.0 Å². The van der Waals surface area contributed by atoms with E-state index >= 15 is 0 Å². The van der Waals surface area contributed by atoms with E-state index in [9.17, 15) is 19.2 Å². The zero-order valence-electron chi connectivity index (χ0n) is 15.4. The number of para-hydroxylation sites is 1. The lowest BCUT2D eigenvalue weighted by Gasteiger charge is -2.11. The van der Waals surface area contributed by atoms with Crippen LogP contribution >= 0.6 is 11.8 Å². The maximum absolute atomic E-state index is 12.6. The summed E-state index contributed by atoms with van der Waals surface area (Å²) in [6.45, 7) is 0.382. The highest BCUT2D eigenvalue weighted by Crippen LogP contribution is 2.30. The summed E-state index contributed by atoms with van der Waals surface area (Å²) >= 11 is 1.16. The molecule has 0 saturated heterocycles. The monoisotopic (exact) mass is 415 g/mol. The highest BCUT2D eigenvalue weighted by atomic mass is 32.2. The number of methoxy groups -OCH3 is 1. The summed E-state index contributed by atoms with van der Waals surface area (Å²) in [5, 5.41) is 8.89. The van der Waals surface area contributed by atoms with Gasteiger partial charge in [0, 0.05) is 18.3 Å². The molecule has 29 heavy (non-hydrogen) atoms. The fourth-order valence-electron chi connectivity index (χ4n) is 2.54. The number of allylic oxidation sites excluding steroid dienone is 2. The van der Waals surface area contributed by atoms with Gasteiger partial charge in [0.15, 0.2) is 0 Å². The minimum absolute atomic E-state index is 0.174. The number of thioether (sulfide) groups is 1. The third-order valence-electron chi connectivity index (χ3n) is 3.90. The number of hydrogen-bond acceptors (Lipinski definition) is 8. The molecule has 0 unspecified atom stereocenters.